The van der Waals surface area contributed by atoms with Crippen molar-refractivity contribution in [1.82, 2.24) is 15.1 Å². The summed E-state index contributed by atoms with van der Waals surface area (Å²) in [6.45, 7) is 2.18. The van der Waals surface area contributed by atoms with E-state index in [-0.39, 0.29) is 5.88 Å². The van der Waals surface area contributed by atoms with Crippen LogP contribution in [0.5, 0.6) is 0 Å². The number of aromatic nitrogens is 3. The van der Waals surface area contributed by atoms with Crippen LogP contribution in [0.4, 0.5) is 5.82 Å². The standard InChI is InChI=1S/C13H15ClN4O/c14-8-12-16-13(17-19-12)10-4-5-11(15-9-10)18-6-2-1-3-7-18/h4-5,9H,1-3,6-8H2. The highest BCUT2D eigenvalue weighted by atomic mass is 35.5. The lowest BCUT2D eigenvalue weighted by molar-refractivity contribution is 0.391. The third-order valence-corrected chi connectivity index (χ3v) is 3.50. The molecule has 0 bridgehead atoms. The maximum atomic E-state index is 5.64. The molecule has 1 aliphatic heterocycles. The molecule has 1 fully saturated rings. The van der Waals surface area contributed by atoms with Crippen LogP contribution in [0.15, 0.2) is 22.9 Å². The second kappa shape index (κ2) is 5.57. The summed E-state index contributed by atoms with van der Waals surface area (Å²) in [6, 6.07) is 3.98. The van der Waals surface area contributed by atoms with Gasteiger partial charge in [-0.05, 0) is 31.4 Å². The van der Waals surface area contributed by atoms with Crippen LogP contribution >= 0.6 is 11.6 Å². The molecule has 2 aromatic rings. The van der Waals surface area contributed by atoms with Gasteiger partial charge in [-0.25, -0.2) is 4.98 Å². The zero-order chi connectivity index (χ0) is 13.1. The minimum Gasteiger partial charge on any atom is -0.357 e. The van der Waals surface area contributed by atoms with Gasteiger partial charge >= 0.3 is 0 Å². The zero-order valence-corrected chi connectivity index (χ0v) is 11.3. The van der Waals surface area contributed by atoms with Gasteiger partial charge in [0.1, 0.15) is 11.7 Å². The fraction of sp³-hybridized carbons (Fsp3) is 0.462. The predicted molar refractivity (Wildman–Crippen MR) is 73.2 cm³/mol. The molecule has 0 radical (unpaired) electrons. The Morgan fingerprint density at radius 3 is 2.68 bits per heavy atom. The van der Waals surface area contributed by atoms with Gasteiger partial charge < -0.3 is 9.42 Å². The first kappa shape index (κ1) is 12.4. The molecule has 0 atom stereocenters. The van der Waals surface area contributed by atoms with Gasteiger partial charge in [0.15, 0.2) is 0 Å². The third kappa shape index (κ3) is 2.71. The van der Waals surface area contributed by atoms with Gasteiger partial charge in [-0.15, -0.1) is 11.6 Å². The fourth-order valence-electron chi connectivity index (χ4n) is 2.25. The van der Waals surface area contributed by atoms with Gasteiger partial charge in [0.2, 0.25) is 11.7 Å². The van der Waals surface area contributed by atoms with Crippen molar-refractivity contribution >= 4 is 17.4 Å². The zero-order valence-electron chi connectivity index (χ0n) is 10.5. The van der Waals surface area contributed by atoms with Crippen LogP contribution in [-0.2, 0) is 5.88 Å². The Labute approximate surface area is 116 Å². The van der Waals surface area contributed by atoms with Crippen molar-refractivity contribution in [2.24, 2.45) is 0 Å². The molecule has 0 N–H and O–H groups in total. The fourth-order valence-corrected chi connectivity index (χ4v) is 2.36. The smallest absolute Gasteiger partial charge is 0.241 e. The number of halogens is 1. The number of nitrogens with zero attached hydrogens (tertiary/aromatic N) is 4. The normalized spacial score (nSPS) is 15.7. The lowest BCUT2D eigenvalue weighted by Crippen LogP contribution is -2.29. The first-order valence-corrected chi connectivity index (χ1v) is 7.00. The molecule has 3 rings (SSSR count). The molecule has 100 valence electrons. The van der Waals surface area contributed by atoms with E-state index in [0.717, 1.165) is 24.5 Å². The molecular weight excluding hydrogens is 264 g/mol. The average molecular weight is 279 g/mol. The molecule has 5 nitrogen and oxygen atoms in total. The quantitative estimate of drug-likeness (QED) is 0.808. The second-order valence-corrected chi connectivity index (χ2v) is 4.87. The number of alkyl halides is 1. The van der Waals surface area contributed by atoms with Crippen molar-refractivity contribution in [1.29, 1.82) is 0 Å². The topological polar surface area (TPSA) is 55.1 Å². The highest BCUT2D eigenvalue weighted by Crippen LogP contribution is 2.21. The Hall–Kier alpha value is -1.62. The van der Waals surface area contributed by atoms with Crippen LogP contribution in [0.2, 0.25) is 0 Å². The molecule has 0 aliphatic carbocycles. The van der Waals surface area contributed by atoms with E-state index in [4.69, 9.17) is 16.1 Å². The Morgan fingerprint density at radius 2 is 2.05 bits per heavy atom. The summed E-state index contributed by atoms with van der Waals surface area (Å²) in [4.78, 5) is 11.0. The van der Waals surface area contributed by atoms with E-state index < -0.39 is 0 Å². The van der Waals surface area contributed by atoms with Crippen LogP contribution in [-0.4, -0.2) is 28.2 Å². The summed E-state index contributed by atoms with van der Waals surface area (Å²) in [7, 11) is 0. The summed E-state index contributed by atoms with van der Waals surface area (Å²) in [5.41, 5.74) is 0.848. The van der Waals surface area contributed by atoms with Crippen LogP contribution in [0.3, 0.4) is 0 Å². The number of hydrogen-bond donors (Lipinski definition) is 0. The van der Waals surface area contributed by atoms with Gasteiger partial charge in [-0.1, -0.05) is 5.16 Å². The molecule has 3 heterocycles. The van der Waals surface area contributed by atoms with Crippen molar-refractivity contribution in [3.63, 3.8) is 0 Å². The number of hydrogen-bond acceptors (Lipinski definition) is 5. The van der Waals surface area contributed by atoms with E-state index in [2.05, 4.69) is 20.0 Å². The highest BCUT2D eigenvalue weighted by molar-refractivity contribution is 6.16. The molecule has 0 amide bonds. The molecule has 6 heteroatoms. The minimum atomic E-state index is 0.228. The first-order chi connectivity index (χ1) is 9.36. The molecule has 0 aromatic carbocycles. The third-order valence-electron chi connectivity index (χ3n) is 3.27. The molecular formula is C13H15ClN4O. The Morgan fingerprint density at radius 1 is 1.21 bits per heavy atom. The summed E-state index contributed by atoms with van der Waals surface area (Å²) in [5, 5.41) is 3.88. The maximum absolute atomic E-state index is 5.64. The SMILES string of the molecule is ClCc1nc(-c2ccc(N3CCCCC3)nc2)no1. The molecule has 19 heavy (non-hydrogen) atoms. The summed E-state index contributed by atoms with van der Waals surface area (Å²) >= 11 is 5.64. The Kier molecular flexibility index (Phi) is 3.64. The predicted octanol–water partition coefficient (Wildman–Crippen LogP) is 2.86. The van der Waals surface area contributed by atoms with Gasteiger partial charge in [0.05, 0.1) is 0 Å². The van der Waals surface area contributed by atoms with E-state index in [1.54, 1.807) is 6.20 Å². The summed E-state index contributed by atoms with van der Waals surface area (Å²) in [5.74, 6) is 2.21. The van der Waals surface area contributed by atoms with Gasteiger partial charge in [-0.3, -0.25) is 0 Å². The summed E-state index contributed by atoms with van der Waals surface area (Å²) in [6.07, 6.45) is 5.59. The largest absolute Gasteiger partial charge is 0.357 e. The van der Waals surface area contributed by atoms with Crippen molar-refractivity contribution in [3.8, 4) is 11.4 Å². The van der Waals surface area contributed by atoms with Crippen LogP contribution in [0.1, 0.15) is 25.2 Å². The van der Waals surface area contributed by atoms with Crippen molar-refractivity contribution < 1.29 is 4.52 Å². The summed E-state index contributed by atoms with van der Waals surface area (Å²) < 4.78 is 4.98. The molecule has 1 saturated heterocycles. The lowest BCUT2D eigenvalue weighted by atomic mass is 10.1. The minimum absolute atomic E-state index is 0.228. The maximum Gasteiger partial charge on any atom is 0.241 e. The van der Waals surface area contributed by atoms with E-state index in [9.17, 15) is 0 Å². The van der Waals surface area contributed by atoms with Gasteiger partial charge in [0.25, 0.3) is 0 Å². The van der Waals surface area contributed by atoms with Crippen molar-refractivity contribution in [2.45, 2.75) is 25.1 Å². The molecule has 0 spiro atoms. The van der Waals surface area contributed by atoms with E-state index in [1.165, 1.54) is 19.3 Å². The monoisotopic (exact) mass is 278 g/mol. The molecule has 0 unspecified atom stereocenters. The lowest BCUT2D eigenvalue weighted by Gasteiger charge is -2.27. The Bertz CT molecular complexity index is 534. The number of anilines is 1. The molecule has 1 aliphatic rings. The number of piperidine rings is 1. The molecule has 2 aromatic heterocycles. The van der Waals surface area contributed by atoms with Crippen molar-refractivity contribution in [3.05, 3.63) is 24.2 Å². The van der Waals surface area contributed by atoms with E-state index in [0.29, 0.717) is 11.7 Å². The first-order valence-electron chi connectivity index (χ1n) is 6.47. The molecule has 0 saturated carbocycles. The average Bonchev–Trinajstić information content (AvgIpc) is 2.97. The number of pyridine rings is 1. The van der Waals surface area contributed by atoms with Crippen LogP contribution in [0.25, 0.3) is 11.4 Å². The van der Waals surface area contributed by atoms with Gasteiger partial charge in [-0.2, -0.15) is 4.98 Å². The highest BCUT2D eigenvalue weighted by Gasteiger charge is 2.13. The van der Waals surface area contributed by atoms with Crippen molar-refractivity contribution in [2.75, 3.05) is 18.0 Å². The number of rotatable bonds is 3. The van der Waals surface area contributed by atoms with E-state index in [1.807, 2.05) is 12.1 Å². The Balaban J connectivity index is 1.78. The second-order valence-electron chi connectivity index (χ2n) is 4.60. The van der Waals surface area contributed by atoms with Crippen LogP contribution < -0.4 is 4.90 Å². The van der Waals surface area contributed by atoms with Gasteiger partial charge in [0, 0.05) is 24.8 Å². The van der Waals surface area contributed by atoms with E-state index >= 15 is 0 Å². The van der Waals surface area contributed by atoms with Crippen LogP contribution in [0, 0.1) is 0 Å².